The van der Waals surface area contributed by atoms with Gasteiger partial charge in [0.2, 0.25) is 5.91 Å². The number of carbonyl (C=O) groups is 2. The summed E-state index contributed by atoms with van der Waals surface area (Å²) in [6, 6.07) is 5.29. The number of ether oxygens (including phenoxy) is 1. The summed E-state index contributed by atoms with van der Waals surface area (Å²) in [5.41, 5.74) is 1.17. The number of aromatic nitrogens is 2. The summed E-state index contributed by atoms with van der Waals surface area (Å²) < 4.78 is 5.34. The molecule has 0 aliphatic rings. The Morgan fingerprint density at radius 3 is 2.73 bits per heavy atom. The predicted octanol–water partition coefficient (Wildman–Crippen LogP) is 3.40. The summed E-state index contributed by atoms with van der Waals surface area (Å²) in [7, 11) is 0. The molecule has 2 rings (SSSR count). The maximum atomic E-state index is 12.7. The fourth-order valence-electron chi connectivity index (χ4n) is 2.77. The van der Waals surface area contributed by atoms with E-state index in [1.807, 2.05) is 13.0 Å². The van der Waals surface area contributed by atoms with Crippen molar-refractivity contribution in [3.63, 3.8) is 0 Å². The van der Waals surface area contributed by atoms with Gasteiger partial charge in [-0.3, -0.25) is 14.6 Å². The molecule has 0 radical (unpaired) electrons. The number of nitrogens with one attached hydrogen (secondary N) is 1. The van der Waals surface area contributed by atoms with Crippen LogP contribution in [0.25, 0.3) is 0 Å². The number of benzene rings is 1. The van der Waals surface area contributed by atoms with Crippen LogP contribution in [-0.2, 0) is 16.0 Å². The number of halogens is 2. The molecule has 1 aromatic heterocycles. The van der Waals surface area contributed by atoms with Crippen LogP contribution in [0.3, 0.4) is 0 Å². The Hall–Kier alpha value is -2.22. The fourth-order valence-corrected chi connectivity index (χ4v) is 3.28. The van der Waals surface area contributed by atoms with E-state index in [0.717, 1.165) is 5.56 Å². The van der Waals surface area contributed by atoms with Crippen LogP contribution in [0.5, 0.6) is 0 Å². The highest BCUT2D eigenvalue weighted by molar-refractivity contribution is 6.35. The summed E-state index contributed by atoms with van der Waals surface area (Å²) in [4.78, 5) is 34.6. The minimum atomic E-state index is -0.250. The van der Waals surface area contributed by atoms with Gasteiger partial charge in [-0.25, -0.2) is 4.98 Å². The molecule has 0 saturated carbocycles. The molecule has 1 N–H and O–H groups in total. The van der Waals surface area contributed by atoms with E-state index >= 15 is 0 Å². The van der Waals surface area contributed by atoms with E-state index in [4.69, 9.17) is 27.9 Å². The third-order valence-electron chi connectivity index (χ3n) is 4.33. The number of rotatable bonds is 12. The second-order valence-electron chi connectivity index (χ2n) is 6.52. The van der Waals surface area contributed by atoms with Gasteiger partial charge in [-0.1, -0.05) is 29.3 Å². The average molecular weight is 453 g/mol. The van der Waals surface area contributed by atoms with Crippen LogP contribution in [0.4, 0.5) is 0 Å². The van der Waals surface area contributed by atoms with Crippen LogP contribution >= 0.6 is 23.2 Å². The molecule has 30 heavy (non-hydrogen) atoms. The second-order valence-corrected chi connectivity index (χ2v) is 7.36. The van der Waals surface area contributed by atoms with Gasteiger partial charge >= 0.3 is 0 Å². The molecule has 0 bridgehead atoms. The summed E-state index contributed by atoms with van der Waals surface area (Å²) in [6.07, 6.45) is 5.87. The first-order chi connectivity index (χ1) is 14.5. The molecule has 1 heterocycles. The topological polar surface area (TPSA) is 84.4 Å². The smallest absolute Gasteiger partial charge is 0.274 e. The van der Waals surface area contributed by atoms with E-state index in [1.165, 1.54) is 18.6 Å². The average Bonchev–Trinajstić information content (AvgIpc) is 2.75. The van der Waals surface area contributed by atoms with Crippen LogP contribution < -0.4 is 5.32 Å². The maximum Gasteiger partial charge on any atom is 0.274 e. The minimum Gasteiger partial charge on any atom is -0.382 e. The van der Waals surface area contributed by atoms with Gasteiger partial charge in [0.15, 0.2) is 0 Å². The van der Waals surface area contributed by atoms with E-state index < -0.39 is 0 Å². The molecule has 1 aromatic carbocycles. The molecule has 0 aliphatic heterocycles. The van der Waals surface area contributed by atoms with Crippen LogP contribution in [0.2, 0.25) is 10.0 Å². The van der Waals surface area contributed by atoms with Crippen LogP contribution in [-0.4, -0.2) is 59.5 Å². The molecular formula is C21H26Cl2N4O3. The van der Waals surface area contributed by atoms with Crippen molar-refractivity contribution in [1.29, 1.82) is 0 Å². The lowest BCUT2D eigenvalue weighted by Crippen LogP contribution is -2.37. The van der Waals surface area contributed by atoms with Gasteiger partial charge in [0.1, 0.15) is 5.69 Å². The quantitative estimate of drug-likeness (QED) is 0.498. The number of nitrogens with zero attached hydrogens (tertiary/aromatic N) is 3. The third kappa shape index (κ3) is 8.26. The first-order valence-electron chi connectivity index (χ1n) is 9.85. The molecular weight excluding hydrogens is 427 g/mol. The Bertz CT molecular complexity index is 821. The van der Waals surface area contributed by atoms with Crippen molar-refractivity contribution in [2.24, 2.45) is 0 Å². The highest BCUT2D eigenvalue weighted by Crippen LogP contribution is 2.21. The molecule has 0 saturated heterocycles. The first-order valence-corrected chi connectivity index (χ1v) is 10.6. The Morgan fingerprint density at radius 1 is 1.20 bits per heavy atom. The molecule has 9 heteroatoms. The van der Waals surface area contributed by atoms with Crippen molar-refractivity contribution in [1.82, 2.24) is 20.2 Å². The highest BCUT2D eigenvalue weighted by atomic mass is 35.5. The molecule has 2 aromatic rings. The predicted molar refractivity (Wildman–Crippen MR) is 117 cm³/mol. The molecule has 0 spiro atoms. The van der Waals surface area contributed by atoms with Gasteiger partial charge in [0.05, 0.1) is 6.20 Å². The van der Waals surface area contributed by atoms with E-state index in [2.05, 4.69) is 15.3 Å². The van der Waals surface area contributed by atoms with E-state index in [9.17, 15) is 9.59 Å². The van der Waals surface area contributed by atoms with E-state index in [1.54, 1.807) is 17.0 Å². The monoisotopic (exact) mass is 452 g/mol. The number of carbonyl (C=O) groups excluding carboxylic acids is 2. The van der Waals surface area contributed by atoms with E-state index in [0.29, 0.717) is 49.2 Å². The molecule has 0 atom stereocenters. The summed E-state index contributed by atoms with van der Waals surface area (Å²) in [5, 5.41) is 4.01. The SMILES string of the molecule is CCOCCCN(CCC(=O)NCCc1ccc(Cl)cc1Cl)C(=O)c1cnccn1. The van der Waals surface area contributed by atoms with Crippen molar-refractivity contribution < 1.29 is 14.3 Å². The third-order valence-corrected chi connectivity index (χ3v) is 4.92. The van der Waals surface area contributed by atoms with Gasteiger partial charge in [0.25, 0.3) is 5.91 Å². The van der Waals surface area contributed by atoms with Crippen LogP contribution in [0, 0.1) is 0 Å². The summed E-state index contributed by atoms with van der Waals surface area (Å²) in [5.74, 6) is -0.387. The van der Waals surface area contributed by atoms with Gasteiger partial charge in [0, 0.05) is 61.7 Å². The Balaban J connectivity index is 1.83. The van der Waals surface area contributed by atoms with Gasteiger partial charge in [-0.05, 0) is 37.5 Å². The lowest BCUT2D eigenvalue weighted by molar-refractivity contribution is -0.121. The normalized spacial score (nSPS) is 10.6. The zero-order valence-electron chi connectivity index (χ0n) is 16.9. The zero-order valence-corrected chi connectivity index (χ0v) is 18.5. The van der Waals surface area contributed by atoms with Crippen molar-refractivity contribution >= 4 is 35.0 Å². The molecule has 162 valence electrons. The number of hydrogen-bond donors (Lipinski definition) is 1. The van der Waals surface area contributed by atoms with Gasteiger partial charge in [-0.15, -0.1) is 0 Å². The van der Waals surface area contributed by atoms with Crippen molar-refractivity contribution in [3.8, 4) is 0 Å². The lowest BCUT2D eigenvalue weighted by Gasteiger charge is -2.22. The summed E-state index contributed by atoms with van der Waals surface area (Å²) in [6.45, 7) is 4.30. The van der Waals surface area contributed by atoms with Crippen molar-refractivity contribution in [2.75, 3.05) is 32.8 Å². The minimum absolute atomic E-state index is 0.137. The number of amides is 2. The van der Waals surface area contributed by atoms with Crippen molar-refractivity contribution in [3.05, 3.63) is 58.1 Å². The standard InChI is InChI=1S/C21H26Cl2N4O3/c1-2-30-13-3-11-27(21(29)19-15-24-9-10-25-19)12-7-20(28)26-8-6-16-4-5-17(22)14-18(16)23/h4-5,9-10,14-15H,2-3,6-8,11-13H2,1H3,(H,26,28). The van der Waals surface area contributed by atoms with Crippen molar-refractivity contribution in [2.45, 2.75) is 26.2 Å². The Morgan fingerprint density at radius 2 is 2.03 bits per heavy atom. The van der Waals surface area contributed by atoms with Crippen LogP contribution in [0.1, 0.15) is 35.8 Å². The fraction of sp³-hybridized carbons (Fsp3) is 0.429. The molecule has 0 aliphatic carbocycles. The van der Waals surface area contributed by atoms with Crippen LogP contribution in [0.15, 0.2) is 36.8 Å². The molecule has 0 fully saturated rings. The van der Waals surface area contributed by atoms with E-state index in [-0.39, 0.29) is 30.5 Å². The lowest BCUT2D eigenvalue weighted by atomic mass is 10.1. The van der Waals surface area contributed by atoms with Gasteiger partial charge < -0.3 is 15.0 Å². The zero-order chi connectivity index (χ0) is 21.8. The highest BCUT2D eigenvalue weighted by Gasteiger charge is 2.18. The molecule has 7 nitrogen and oxygen atoms in total. The van der Waals surface area contributed by atoms with Gasteiger partial charge in [-0.2, -0.15) is 0 Å². The Kier molecular flexibility index (Phi) is 10.5. The maximum absolute atomic E-state index is 12.7. The molecule has 2 amide bonds. The Labute approximate surface area is 186 Å². The summed E-state index contributed by atoms with van der Waals surface area (Å²) >= 11 is 12.0. The molecule has 0 unspecified atom stereocenters. The largest absolute Gasteiger partial charge is 0.382 e. The number of hydrogen-bond acceptors (Lipinski definition) is 5. The first kappa shape index (κ1) is 24.1. The second kappa shape index (κ2) is 13.2.